The Morgan fingerprint density at radius 2 is 1.86 bits per heavy atom. The number of hydrogen-bond donors (Lipinski definition) is 1. The molecule has 22 heavy (non-hydrogen) atoms. The Morgan fingerprint density at radius 1 is 1.27 bits per heavy atom. The molecule has 0 radical (unpaired) electrons. The molecular formula is C17H27F3N2. The van der Waals surface area contributed by atoms with E-state index in [4.69, 9.17) is 0 Å². The van der Waals surface area contributed by atoms with Crippen molar-refractivity contribution in [2.45, 2.75) is 51.7 Å². The van der Waals surface area contributed by atoms with Gasteiger partial charge in [-0.15, -0.1) is 6.58 Å². The van der Waals surface area contributed by atoms with Crippen molar-refractivity contribution in [3.63, 3.8) is 0 Å². The van der Waals surface area contributed by atoms with Gasteiger partial charge in [0.15, 0.2) is 0 Å². The summed E-state index contributed by atoms with van der Waals surface area (Å²) in [5.74, 6) is -0.493. The van der Waals surface area contributed by atoms with Crippen LogP contribution in [0.2, 0.25) is 0 Å². The second-order valence-electron chi connectivity index (χ2n) is 6.39. The number of alkyl halides is 3. The Bertz CT molecular complexity index is 391. The predicted octanol–water partition coefficient (Wildman–Crippen LogP) is 4.74. The number of hydrogen-bond acceptors (Lipinski definition) is 2. The van der Waals surface area contributed by atoms with Crippen molar-refractivity contribution in [1.29, 1.82) is 0 Å². The molecule has 0 aliphatic heterocycles. The molecule has 1 aliphatic carbocycles. The molecule has 1 aliphatic rings. The van der Waals surface area contributed by atoms with Crippen molar-refractivity contribution >= 4 is 6.21 Å². The van der Waals surface area contributed by atoms with Crippen LogP contribution in [0.15, 0.2) is 29.9 Å². The Kier molecular flexibility index (Phi) is 7.33. The lowest BCUT2D eigenvalue weighted by atomic mass is 9.81. The zero-order valence-corrected chi connectivity index (χ0v) is 13.5. The van der Waals surface area contributed by atoms with Gasteiger partial charge < -0.3 is 5.32 Å². The van der Waals surface area contributed by atoms with E-state index in [0.29, 0.717) is 31.0 Å². The van der Waals surface area contributed by atoms with Crippen molar-refractivity contribution < 1.29 is 13.2 Å². The van der Waals surface area contributed by atoms with Crippen LogP contribution in [0.3, 0.4) is 0 Å². The summed E-state index contributed by atoms with van der Waals surface area (Å²) >= 11 is 0. The Balaban J connectivity index is 2.39. The average molecular weight is 316 g/mol. The summed E-state index contributed by atoms with van der Waals surface area (Å²) in [7, 11) is 0. The molecule has 0 aromatic heterocycles. The second kappa shape index (κ2) is 8.51. The molecule has 0 heterocycles. The number of nitrogens with one attached hydrogen (secondary N) is 1. The van der Waals surface area contributed by atoms with Crippen LogP contribution in [-0.4, -0.2) is 25.0 Å². The molecule has 0 aromatic carbocycles. The van der Waals surface area contributed by atoms with Crippen LogP contribution in [0, 0.1) is 17.8 Å². The lowest BCUT2D eigenvalue weighted by molar-refractivity contribution is -0.183. The summed E-state index contributed by atoms with van der Waals surface area (Å²) in [6.45, 7) is 12.4. The van der Waals surface area contributed by atoms with Gasteiger partial charge in [-0.3, -0.25) is 4.99 Å². The summed E-state index contributed by atoms with van der Waals surface area (Å²) in [6, 6.07) is -0.129. The van der Waals surface area contributed by atoms with E-state index in [1.165, 1.54) is 0 Å². The summed E-state index contributed by atoms with van der Waals surface area (Å²) in [5.41, 5.74) is 0.688. The molecule has 0 spiro atoms. The average Bonchev–Trinajstić information content (AvgIpc) is 2.45. The largest absolute Gasteiger partial charge is 0.391 e. The molecule has 0 saturated heterocycles. The van der Waals surface area contributed by atoms with Gasteiger partial charge >= 0.3 is 6.18 Å². The third-order valence-electron chi connectivity index (χ3n) is 4.07. The third-order valence-corrected chi connectivity index (χ3v) is 4.07. The standard InChI is InChI=1S/C17H27F3N2/c1-5-16(13(4)21-10-12(2)3)22-11-14-6-8-15(9-7-14)17(18,19)20/h5,10,12,14-16,22H,1,4,6-9,11H2,2-3H3/b21-10-/t14-,15-,16-/m0/s1. The topological polar surface area (TPSA) is 24.4 Å². The molecule has 126 valence electrons. The van der Waals surface area contributed by atoms with Crippen LogP contribution in [-0.2, 0) is 0 Å². The Morgan fingerprint density at radius 3 is 2.32 bits per heavy atom. The number of nitrogens with zero attached hydrogens (tertiary/aromatic N) is 1. The van der Waals surface area contributed by atoms with E-state index in [2.05, 4.69) is 23.5 Å². The lowest BCUT2D eigenvalue weighted by Crippen LogP contribution is -2.36. The maximum atomic E-state index is 12.6. The van der Waals surface area contributed by atoms with E-state index in [-0.39, 0.29) is 24.8 Å². The number of halogens is 3. The fraction of sp³-hybridized carbons (Fsp3) is 0.706. The minimum Gasteiger partial charge on any atom is -0.305 e. The van der Waals surface area contributed by atoms with Gasteiger partial charge in [0.05, 0.1) is 17.7 Å². The first-order valence-corrected chi connectivity index (χ1v) is 7.89. The van der Waals surface area contributed by atoms with E-state index >= 15 is 0 Å². The summed E-state index contributed by atoms with van der Waals surface area (Å²) < 4.78 is 37.9. The van der Waals surface area contributed by atoms with Crippen molar-refractivity contribution in [1.82, 2.24) is 5.32 Å². The van der Waals surface area contributed by atoms with Gasteiger partial charge in [0.25, 0.3) is 0 Å². The zero-order valence-electron chi connectivity index (χ0n) is 13.5. The molecule has 1 atom stereocenters. The molecule has 2 nitrogen and oxygen atoms in total. The van der Waals surface area contributed by atoms with E-state index in [0.717, 1.165) is 0 Å². The van der Waals surface area contributed by atoms with Gasteiger partial charge in [-0.05, 0) is 44.1 Å². The quantitative estimate of drug-likeness (QED) is 0.532. The highest BCUT2D eigenvalue weighted by atomic mass is 19.4. The van der Waals surface area contributed by atoms with Crippen LogP contribution < -0.4 is 5.32 Å². The van der Waals surface area contributed by atoms with Crippen LogP contribution >= 0.6 is 0 Å². The lowest BCUT2D eigenvalue weighted by Gasteiger charge is -2.30. The van der Waals surface area contributed by atoms with Gasteiger partial charge in [-0.2, -0.15) is 13.2 Å². The van der Waals surface area contributed by atoms with Crippen LogP contribution in [0.5, 0.6) is 0 Å². The molecule has 1 saturated carbocycles. The normalized spacial score (nSPS) is 24.6. The van der Waals surface area contributed by atoms with E-state index < -0.39 is 12.1 Å². The van der Waals surface area contributed by atoms with E-state index in [1.807, 2.05) is 20.1 Å². The summed E-state index contributed by atoms with van der Waals surface area (Å²) in [5, 5.41) is 3.30. The van der Waals surface area contributed by atoms with Gasteiger partial charge in [-0.1, -0.05) is 26.5 Å². The maximum Gasteiger partial charge on any atom is 0.391 e. The van der Waals surface area contributed by atoms with Gasteiger partial charge in [0.2, 0.25) is 0 Å². The molecule has 0 aromatic rings. The molecule has 0 amide bonds. The van der Waals surface area contributed by atoms with Crippen molar-refractivity contribution in [3.8, 4) is 0 Å². The van der Waals surface area contributed by atoms with Crippen molar-refractivity contribution in [3.05, 3.63) is 24.9 Å². The van der Waals surface area contributed by atoms with E-state index in [9.17, 15) is 13.2 Å². The Labute approximate surface area is 131 Å². The van der Waals surface area contributed by atoms with Crippen LogP contribution in [0.25, 0.3) is 0 Å². The maximum absolute atomic E-state index is 12.6. The fourth-order valence-electron chi connectivity index (χ4n) is 2.65. The van der Waals surface area contributed by atoms with Crippen molar-refractivity contribution in [2.24, 2.45) is 22.7 Å². The number of aliphatic imine (C=N–C) groups is 1. The van der Waals surface area contributed by atoms with Gasteiger partial charge in [0.1, 0.15) is 0 Å². The predicted molar refractivity (Wildman–Crippen MR) is 86.0 cm³/mol. The molecule has 1 rings (SSSR count). The molecule has 1 fully saturated rings. The molecule has 1 N–H and O–H groups in total. The second-order valence-corrected chi connectivity index (χ2v) is 6.39. The first kappa shape index (κ1) is 18.9. The fourth-order valence-corrected chi connectivity index (χ4v) is 2.65. The van der Waals surface area contributed by atoms with Crippen LogP contribution in [0.1, 0.15) is 39.5 Å². The monoisotopic (exact) mass is 316 g/mol. The molecule has 0 bridgehead atoms. The van der Waals surface area contributed by atoms with Crippen molar-refractivity contribution in [2.75, 3.05) is 6.54 Å². The first-order valence-electron chi connectivity index (χ1n) is 7.89. The minimum atomic E-state index is -4.04. The number of rotatable bonds is 7. The first-order chi connectivity index (χ1) is 10.2. The third kappa shape index (κ3) is 6.34. The highest BCUT2D eigenvalue weighted by Crippen LogP contribution is 2.39. The molecular weight excluding hydrogens is 289 g/mol. The summed E-state index contributed by atoms with van der Waals surface area (Å²) in [4.78, 5) is 4.30. The smallest absolute Gasteiger partial charge is 0.305 e. The van der Waals surface area contributed by atoms with E-state index in [1.54, 1.807) is 6.08 Å². The van der Waals surface area contributed by atoms with Gasteiger partial charge in [0, 0.05) is 6.21 Å². The van der Waals surface area contributed by atoms with Gasteiger partial charge in [-0.25, -0.2) is 0 Å². The SMILES string of the molecule is C=C[C@H](NC[C@H]1CC[C@H](C(F)(F)F)CC1)C(=C)/N=C\C(C)C. The zero-order chi connectivity index (χ0) is 16.8. The highest BCUT2D eigenvalue weighted by molar-refractivity contribution is 5.61. The molecule has 5 heteroatoms. The minimum absolute atomic E-state index is 0.129. The summed E-state index contributed by atoms with van der Waals surface area (Å²) in [6.07, 6.45) is 1.23. The Hall–Kier alpha value is -1.10. The van der Waals surface area contributed by atoms with Crippen LogP contribution in [0.4, 0.5) is 13.2 Å². The highest BCUT2D eigenvalue weighted by Gasteiger charge is 2.41. The molecule has 0 unspecified atom stereocenters.